The maximum atomic E-state index is 12.9. The highest BCUT2D eigenvalue weighted by Crippen LogP contribution is 2.31. The molecule has 0 bridgehead atoms. The first-order valence-corrected chi connectivity index (χ1v) is 8.91. The van der Waals surface area contributed by atoms with E-state index < -0.39 is 5.54 Å². The molecule has 3 heterocycles. The van der Waals surface area contributed by atoms with E-state index in [1.165, 1.54) is 0 Å². The number of carbonyl (C=O) groups excluding carboxylic acids is 2. The molecule has 0 spiro atoms. The van der Waals surface area contributed by atoms with Gasteiger partial charge in [0, 0.05) is 37.9 Å². The van der Waals surface area contributed by atoms with Crippen molar-refractivity contribution in [2.24, 2.45) is 0 Å². The maximum Gasteiger partial charge on any atom is 0.250 e. The highest BCUT2D eigenvalue weighted by atomic mass is 32.1. The van der Waals surface area contributed by atoms with Gasteiger partial charge < -0.3 is 14.4 Å². The van der Waals surface area contributed by atoms with Crippen LogP contribution in [-0.2, 0) is 21.5 Å². The highest BCUT2D eigenvalue weighted by Gasteiger charge is 2.45. The first-order valence-electron chi connectivity index (χ1n) is 8.03. The average molecular weight is 346 g/mol. The third-order valence-electron chi connectivity index (χ3n) is 4.53. The molecule has 0 aromatic carbocycles. The number of aromatic nitrogens is 2. The van der Waals surface area contributed by atoms with Crippen LogP contribution in [0.15, 0.2) is 36.2 Å². The monoisotopic (exact) mass is 346 g/mol. The lowest BCUT2D eigenvalue weighted by molar-refractivity contribution is -0.145. The average Bonchev–Trinajstić information content (AvgIpc) is 3.27. The molecule has 128 valence electrons. The van der Waals surface area contributed by atoms with Crippen molar-refractivity contribution in [2.45, 2.75) is 24.8 Å². The Morgan fingerprint density at radius 2 is 2.25 bits per heavy atom. The number of rotatable bonds is 4. The largest absolute Gasteiger partial charge is 0.347 e. The van der Waals surface area contributed by atoms with E-state index in [1.807, 2.05) is 33.2 Å². The van der Waals surface area contributed by atoms with Crippen molar-refractivity contribution in [1.29, 1.82) is 0 Å². The number of thiophene rings is 1. The lowest BCUT2D eigenvalue weighted by Crippen LogP contribution is -2.58. The Bertz CT molecular complexity index is 696. The lowest BCUT2D eigenvalue weighted by Gasteiger charge is -2.43. The van der Waals surface area contributed by atoms with Gasteiger partial charge in [-0.05, 0) is 24.3 Å². The Balaban J connectivity index is 1.85. The van der Waals surface area contributed by atoms with Gasteiger partial charge in [-0.3, -0.25) is 9.59 Å². The molecule has 1 atom stereocenters. The number of hydrogen-bond acceptors (Lipinski definition) is 4. The first kappa shape index (κ1) is 16.7. The standard InChI is InChI=1S/C17H22N4O2S/c1-19(2)16(23)17(21-9-7-18-13-21)6-4-8-20(12-17)15(22)11-14-5-3-10-24-14/h3,5,7,9-10,13H,4,6,8,11-12H2,1-2H3. The van der Waals surface area contributed by atoms with Gasteiger partial charge >= 0.3 is 0 Å². The van der Waals surface area contributed by atoms with E-state index >= 15 is 0 Å². The SMILES string of the molecule is CN(C)C(=O)C1(n2ccnc2)CCCN(C(=O)Cc2cccs2)C1. The van der Waals surface area contributed by atoms with Gasteiger partial charge in [-0.25, -0.2) is 4.98 Å². The zero-order valence-corrected chi connectivity index (χ0v) is 14.8. The number of amides is 2. The molecule has 1 saturated heterocycles. The predicted molar refractivity (Wildman–Crippen MR) is 92.7 cm³/mol. The van der Waals surface area contributed by atoms with E-state index in [-0.39, 0.29) is 11.8 Å². The van der Waals surface area contributed by atoms with Gasteiger partial charge in [-0.15, -0.1) is 11.3 Å². The molecule has 7 heteroatoms. The quantitative estimate of drug-likeness (QED) is 0.845. The number of nitrogens with zero attached hydrogens (tertiary/aromatic N) is 4. The van der Waals surface area contributed by atoms with Crippen molar-refractivity contribution in [1.82, 2.24) is 19.4 Å². The second kappa shape index (κ2) is 6.76. The predicted octanol–water partition coefficient (Wildman–Crippen LogP) is 1.59. The van der Waals surface area contributed by atoms with Gasteiger partial charge in [-0.1, -0.05) is 6.07 Å². The normalized spacial score (nSPS) is 20.8. The first-order chi connectivity index (χ1) is 11.5. The number of likely N-dealkylation sites (tertiary alicyclic amines) is 1. The molecule has 1 aliphatic heterocycles. The van der Waals surface area contributed by atoms with E-state index in [1.54, 1.807) is 42.9 Å². The number of carbonyl (C=O) groups is 2. The molecule has 1 aliphatic rings. The van der Waals surface area contributed by atoms with Crippen LogP contribution >= 0.6 is 11.3 Å². The van der Waals surface area contributed by atoms with E-state index in [2.05, 4.69) is 4.98 Å². The third-order valence-corrected chi connectivity index (χ3v) is 5.41. The summed E-state index contributed by atoms with van der Waals surface area (Å²) in [6.07, 6.45) is 7.07. The Hall–Kier alpha value is -2.15. The van der Waals surface area contributed by atoms with Crippen molar-refractivity contribution in [3.63, 3.8) is 0 Å². The zero-order chi connectivity index (χ0) is 17.2. The van der Waals surface area contributed by atoms with Gasteiger partial charge in [0.1, 0.15) is 5.54 Å². The molecule has 2 aromatic rings. The minimum Gasteiger partial charge on any atom is -0.347 e. The van der Waals surface area contributed by atoms with Crippen LogP contribution in [-0.4, -0.2) is 58.4 Å². The van der Waals surface area contributed by atoms with Crippen molar-refractivity contribution in [2.75, 3.05) is 27.2 Å². The van der Waals surface area contributed by atoms with E-state index in [4.69, 9.17) is 0 Å². The van der Waals surface area contributed by atoms with E-state index in [9.17, 15) is 9.59 Å². The third kappa shape index (κ3) is 3.08. The van der Waals surface area contributed by atoms with Crippen LogP contribution in [0.25, 0.3) is 0 Å². The molecule has 3 rings (SSSR count). The summed E-state index contributed by atoms with van der Waals surface area (Å²) in [5.74, 6) is 0.0855. The molecule has 0 saturated carbocycles. The Morgan fingerprint density at radius 1 is 1.42 bits per heavy atom. The smallest absolute Gasteiger partial charge is 0.250 e. The van der Waals surface area contributed by atoms with Gasteiger partial charge in [0.2, 0.25) is 11.8 Å². The van der Waals surface area contributed by atoms with Crippen molar-refractivity contribution >= 4 is 23.2 Å². The van der Waals surface area contributed by atoms with Crippen LogP contribution in [0.5, 0.6) is 0 Å². The van der Waals surface area contributed by atoms with Gasteiger partial charge in [0.15, 0.2) is 0 Å². The molecule has 0 N–H and O–H groups in total. The highest BCUT2D eigenvalue weighted by molar-refractivity contribution is 7.10. The number of piperidine rings is 1. The van der Waals surface area contributed by atoms with Crippen LogP contribution in [0.2, 0.25) is 0 Å². The summed E-state index contributed by atoms with van der Waals surface area (Å²) >= 11 is 1.59. The fourth-order valence-electron chi connectivity index (χ4n) is 3.35. The minimum atomic E-state index is -0.761. The van der Waals surface area contributed by atoms with Crippen LogP contribution in [0, 0.1) is 0 Å². The topological polar surface area (TPSA) is 58.4 Å². The van der Waals surface area contributed by atoms with Crippen molar-refractivity contribution in [3.8, 4) is 0 Å². The minimum absolute atomic E-state index is 0.00845. The van der Waals surface area contributed by atoms with Crippen LogP contribution in [0.3, 0.4) is 0 Å². The second-order valence-corrected chi connectivity index (χ2v) is 7.41. The molecule has 1 unspecified atom stereocenters. The summed E-state index contributed by atoms with van der Waals surface area (Å²) in [5.41, 5.74) is -0.761. The van der Waals surface area contributed by atoms with Crippen LogP contribution < -0.4 is 0 Å². The van der Waals surface area contributed by atoms with Gasteiger partial charge in [0.25, 0.3) is 0 Å². The van der Waals surface area contributed by atoms with Gasteiger partial charge in [-0.2, -0.15) is 0 Å². The van der Waals surface area contributed by atoms with Crippen molar-refractivity contribution < 1.29 is 9.59 Å². The molecule has 24 heavy (non-hydrogen) atoms. The molecule has 1 fully saturated rings. The number of likely N-dealkylation sites (N-methyl/N-ethyl adjacent to an activating group) is 1. The summed E-state index contributed by atoms with van der Waals surface area (Å²) < 4.78 is 1.86. The van der Waals surface area contributed by atoms with Crippen molar-refractivity contribution in [3.05, 3.63) is 41.1 Å². The molecular formula is C17H22N4O2S. The molecule has 6 nitrogen and oxygen atoms in total. The fourth-order valence-corrected chi connectivity index (χ4v) is 4.04. The fraction of sp³-hybridized carbons (Fsp3) is 0.471. The second-order valence-electron chi connectivity index (χ2n) is 6.38. The lowest BCUT2D eigenvalue weighted by atomic mass is 9.87. The van der Waals surface area contributed by atoms with E-state index in [0.717, 1.165) is 11.3 Å². The summed E-state index contributed by atoms with van der Waals surface area (Å²) in [4.78, 5) is 34.2. The summed E-state index contributed by atoms with van der Waals surface area (Å²) in [6, 6.07) is 3.93. The zero-order valence-electron chi connectivity index (χ0n) is 14.0. The Morgan fingerprint density at radius 3 is 2.88 bits per heavy atom. The van der Waals surface area contributed by atoms with Crippen LogP contribution in [0.1, 0.15) is 17.7 Å². The molecule has 0 aliphatic carbocycles. The molecule has 0 radical (unpaired) electrons. The number of hydrogen-bond donors (Lipinski definition) is 0. The summed E-state index contributed by atoms with van der Waals surface area (Å²) in [6.45, 7) is 1.09. The van der Waals surface area contributed by atoms with Gasteiger partial charge in [0.05, 0.1) is 19.3 Å². The number of imidazole rings is 1. The molecule has 2 amide bonds. The van der Waals surface area contributed by atoms with E-state index in [0.29, 0.717) is 25.9 Å². The summed E-state index contributed by atoms with van der Waals surface area (Å²) in [7, 11) is 3.51. The Kier molecular flexibility index (Phi) is 4.71. The Labute approximate surface area is 145 Å². The summed E-state index contributed by atoms with van der Waals surface area (Å²) in [5, 5.41) is 1.98. The maximum absolute atomic E-state index is 12.9. The molecule has 2 aromatic heterocycles. The molecular weight excluding hydrogens is 324 g/mol. The van der Waals surface area contributed by atoms with Crippen LogP contribution in [0.4, 0.5) is 0 Å².